The van der Waals surface area contributed by atoms with Crippen LogP contribution >= 0.6 is 15.9 Å². The van der Waals surface area contributed by atoms with Crippen LogP contribution in [-0.2, 0) is 9.59 Å². The lowest BCUT2D eigenvalue weighted by molar-refractivity contribution is -0.130. The van der Waals surface area contributed by atoms with Gasteiger partial charge in [0.05, 0.1) is 11.3 Å². The maximum Gasteiger partial charge on any atom is 0.299 e. The van der Waals surface area contributed by atoms with E-state index in [1.165, 1.54) is 4.90 Å². The molecule has 0 unspecified atom stereocenters. The molecular formula is C14H15BrN2O3. The van der Waals surface area contributed by atoms with E-state index in [0.717, 1.165) is 0 Å². The maximum atomic E-state index is 12.1. The third-order valence-corrected chi connectivity index (χ3v) is 4.02. The van der Waals surface area contributed by atoms with Crippen molar-refractivity contribution in [2.24, 2.45) is 0 Å². The van der Waals surface area contributed by atoms with E-state index < -0.39 is 11.7 Å². The zero-order valence-corrected chi connectivity index (χ0v) is 12.9. The summed E-state index contributed by atoms with van der Waals surface area (Å²) in [6.07, 6.45) is 0. The number of nitrogens with zero attached hydrogens (tertiary/aromatic N) is 2. The molecule has 0 atom stereocenters. The Bertz CT molecular complexity index is 582. The smallest absolute Gasteiger partial charge is 0.299 e. The predicted octanol–water partition coefficient (Wildman–Crippen LogP) is 1.85. The average molecular weight is 339 g/mol. The van der Waals surface area contributed by atoms with E-state index in [2.05, 4.69) is 15.9 Å². The van der Waals surface area contributed by atoms with E-state index in [-0.39, 0.29) is 12.5 Å². The number of carbonyl (C=O) groups is 3. The van der Waals surface area contributed by atoms with Gasteiger partial charge < -0.3 is 4.90 Å². The van der Waals surface area contributed by atoms with Crippen LogP contribution in [-0.4, -0.2) is 42.1 Å². The second kappa shape index (κ2) is 5.75. The topological polar surface area (TPSA) is 57.7 Å². The monoisotopic (exact) mass is 338 g/mol. The van der Waals surface area contributed by atoms with Gasteiger partial charge >= 0.3 is 0 Å². The number of carbonyl (C=O) groups excluding carboxylic acids is 3. The van der Waals surface area contributed by atoms with Gasteiger partial charge in [-0.05, 0) is 41.9 Å². The molecule has 5 nitrogen and oxygen atoms in total. The van der Waals surface area contributed by atoms with Gasteiger partial charge in [-0.2, -0.15) is 0 Å². The van der Waals surface area contributed by atoms with Crippen molar-refractivity contribution < 1.29 is 14.4 Å². The van der Waals surface area contributed by atoms with Gasteiger partial charge in [-0.25, -0.2) is 0 Å². The second-order valence-electron chi connectivity index (χ2n) is 4.42. The first kappa shape index (κ1) is 14.7. The van der Waals surface area contributed by atoms with E-state index in [9.17, 15) is 14.4 Å². The zero-order valence-electron chi connectivity index (χ0n) is 11.4. The molecule has 0 spiro atoms. The third kappa shape index (κ3) is 2.35. The number of rotatable bonds is 4. The molecule has 1 heterocycles. The highest BCUT2D eigenvalue weighted by atomic mass is 79.9. The van der Waals surface area contributed by atoms with Gasteiger partial charge in [0.2, 0.25) is 5.91 Å². The average Bonchev–Trinajstić information content (AvgIpc) is 2.66. The van der Waals surface area contributed by atoms with E-state index in [4.69, 9.17) is 0 Å². The first-order valence-corrected chi connectivity index (χ1v) is 7.23. The molecule has 0 fully saturated rings. The minimum Gasteiger partial charge on any atom is -0.342 e. The number of hydrogen-bond donors (Lipinski definition) is 0. The summed E-state index contributed by atoms with van der Waals surface area (Å²) in [4.78, 5) is 39.0. The lowest BCUT2D eigenvalue weighted by Gasteiger charge is -2.23. The fourth-order valence-corrected chi connectivity index (χ4v) is 2.81. The number of Topliss-reactive ketones (excluding diaryl/α,β-unsaturated/α-hetero) is 1. The van der Waals surface area contributed by atoms with Crippen LogP contribution in [0.2, 0.25) is 0 Å². The van der Waals surface area contributed by atoms with E-state index >= 15 is 0 Å². The Balaban J connectivity index is 2.31. The molecule has 6 heteroatoms. The van der Waals surface area contributed by atoms with Crippen LogP contribution in [0.3, 0.4) is 0 Å². The SMILES string of the molecule is CCN(CC)C(=O)CN1C(=O)C(=O)c2c(Br)cccc21. The molecule has 106 valence electrons. The Labute approximate surface area is 125 Å². The lowest BCUT2D eigenvalue weighted by atomic mass is 10.1. The highest BCUT2D eigenvalue weighted by molar-refractivity contribution is 9.10. The van der Waals surface area contributed by atoms with Gasteiger partial charge in [0.25, 0.3) is 11.7 Å². The van der Waals surface area contributed by atoms with Gasteiger partial charge in [-0.1, -0.05) is 6.07 Å². The van der Waals surface area contributed by atoms with Crippen molar-refractivity contribution in [1.82, 2.24) is 4.90 Å². The highest BCUT2D eigenvalue weighted by Gasteiger charge is 2.38. The molecule has 1 aliphatic rings. The molecule has 0 bridgehead atoms. The van der Waals surface area contributed by atoms with Gasteiger partial charge in [-0.3, -0.25) is 19.3 Å². The minimum atomic E-state index is -0.646. The van der Waals surface area contributed by atoms with Crippen LogP contribution in [0.4, 0.5) is 5.69 Å². The van der Waals surface area contributed by atoms with Gasteiger partial charge in [0, 0.05) is 17.6 Å². The van der Waals surface area contributed by atoms with Gasteiger partial charge in [0.1, 0.15) is 6.54 Å². The minimum absolute atomic E-state index is 0.101. The number of fused-ring (bicyclic) bond motifs is 1. The fraction of sp³-hybridized carbons (Fsp3) is 0.357. The summed E-state index contributed by atoms with van der Waals surface area (Å²) in [5.74, 6) is -1.38. The number of likely N-dealkylation sites (N-methyl/N-ethyl adjacent to an activating group) is 1. The molecule has 20 heavy (non-hydrogen) atoms. The molecule has 0 N–H and O–H groups in total. The number of halogens is 1. The van der Waals surface area contributed by atoms with E-state index in [1.807, 2.05) is 13.8 Å². The summed E-state index contributed by atoms with van der Waals surface area (Å²) < 4.78 is 0.575. The van der Waals surface area contributed by atoms with E-state index in [0.29, 0.717) is 28.8 Å². The Hall–Kier alpha value is -1.69. The summed E-state index contributed by atoms with van der Waals surface area (Å²) in [5.41, 5.74) is 0.833. The van der Waals surface area contributed by atoms with Crippen LogP contribution in [0.15, 0.2) is 22.7 Å². The van der Waals surface area contributed by atoms with Crippen molar-refractivity contribution in [2.75, 3.05) is 24.5 Å². The molecule has 0 saturated carbocycles. The molecule has 2 rings (SSSR count). The Morgan fingerprint density at radius 1 is 1.25 bits per heavy atom. The Kier molecular flexibility index (Phi) is 4.23. The predicted molar refractivity (Wildman–Crippen MR) is 78.8 cm³/mol. The van der Waals surface area contributed by atoms with Crippen LogP contribution in [0, 0.1) is 0 Å². The molecule has 0 aliphatic carbocycles. The Morgan fingerprint density at radius 2 is 1.90 bits per heavy atom. The van der Waals surface area contributed by atoms with Crippen LogP contribution in [0.1, 0.15) is 24.2 Å². The summed E-state index contributed by atoms with van der Waals surface area (Å²) in [6, 6.07) is 5.13. The molecule has 2 amide bonds. The number of benzene rings is 1. The van der Waals surface area contributed by atoms with Gasteiger partial charge in [0.15, 0.2) is 0 Å². The molecule has 0 aromatic heterocycles. The first-order valence-electron chi connectivity index (χ1n) is 6.43. The van der Waals surface area contributed by atoms with Crippen molar-refractivity contribution in [1.29, 1.82) is 0 Å². The first-order chi connectivity index (χ1) is 9.51. The van der Waals surface area contributed by atoms with Crippen molar-refractivity contribution in [3.63, 3.8) is 0 Å². The zero-order chi connectivity index (χ0) is 14.9. The number of anilines is 1. The second-order valence-corrected chi connectivity index (χ2v) is 5.27. The molecule has 0 radical (unpaired) electrons. The van der Waals surface area contributed by atoms with Crippen LogP contribution in [0.25, 0.3) is 0 Å². The maximum absolute atomic E-state index is 12.1. The normalized spacial score (nSPS) is 13.7. The van der Waals surface area contributed by atoms with Crippen LogP contribution < -0.4 is 4.90 Å². The van der Waals surface area contributed by atoms with Crippen molar-refractivity contribution in [3.05, 3.63) is 28.2 Å². The number of amides is 2. The van der Waals surface area contributed by atoms with Gasteiger partial charge in [-0.15, -0.1) is 0 Å². The van der Waals surface area contributed by atoms with Crippen molar-refractivity contribution >= 4 is 39.2 Å². The summed E-state index contributed by atoms with van der Waals surface area (Å²) >= 11 is 3.27. The van der Waals surface area contributed by atoms with E-state index in [1.54, 1.807) is 23.1 Å². The Morgan fingerprint density at radius 3 is 2.50 bits per heavy atom. The molecule has 0 saturated heterocycles. The summed E-state index contributed by atoms with van der Waals surface area (Å²) in [5, 5.41) is 0. The lowest BCUT2D eigenvalue weighted by Crippen LogP contribution is -2.42. The fourth-order valence-electron chi connectivity index (χ4n) is 2.27. The van der Waals surface area contributed by atoms with Crippen molar-refractivity contribution in [3.8, 4) is 0 Å². The third-order valence-electron chi connectivity index (χ3n) is 3.36. The molecule has 1 aliphatic heterocycles. The largest absolute Gasteiger partial charge is 0.342 e. The van der Waals surface area contributed by atoms with Crippen molar-refractivity contribution in [2.45, 2.75) is 13.8 Å². The molecule has 1 aromatic carbocycles. The molecule has 1 aromatic rings. The van der Waals surface area contributed by atoms with Crippen LogP contribution in [0.5, 0.6) is 0 Å². The number of ketones is 1. The standard InChI is InChI=1S/C14H15BrN2O3/c1-3-16(4-2)11(18)8-17-10-7-5-6-9(15)12(10)13(19)14(17)20/h5-7H,3-4,8H2,1-2H3. The summed E-state index contributed by atoms with van der Waals surface area (Å²) in [6.45, 7) is 4.81. The summed E-state index contributed by atoms with van der Waals surface area (Å²) in [7, 11) is 0. The number of hydrogen-bond acceptors (Lipinski definition) is 3. The highest BCUT2D eigenvalue weighted by Crippen LogP contribution is 2.34. The molecular weight excluding hydrogens is 324 g/mol. The quantitative estimate of drug-likeness (QED) is 0.787.